The summed E-state index contributed by atoms with van der Waals surface area (Å²) in [5, 5.41) is 8.93. The Morgan fingerprint density at radius 1 is 1.23 bits per heavy atom. The van der Waals surface area contributed by atoms with Crippen molar-refractivity contribution in [2.75, 3.05) is 10.8 Å². The van der Waals surface area contributed by atoms with Gasteiger partial charge in [-0.2, -0.15) is 8.42 Å². The second-order valence-corrected chi connectivity index (χ2v) is 6.65. The molecule has 1 aromatic carbocycles. The Balaban J connectivity index is 2.59. The molecular formula is C15H16N2O4S. The topological polar surface area (TPSA) is 87.6 Å². The van der Waals surface area contributed by atoms with Crippen LogP contribution in [0.15, 0.2) is 47.6 Å². The number of hydrogen-bond donors (Lipinski definition) is 1. The quantitative estimate of drug-likeness (QED) is 0.910. The van der Waals surface area contributed by atoms with Crippen LogP contribution in [0.5, 0.6) is 0 Å². The highest BCUT2D eigenvalue weighted by molar-refractivity contribution is 7.92. The monoisotopic (exact) mass is 320 g/mol. The normalized spacial score (nSPS) is 11.2. The summed E-state index contributed by atoms with van der Waals surface area (Å²) in [7, 11) is -4.06. The summed E-state index contributed by atoms with van der Waals surface area (Å²) >= 11 is 0. The average molecular weight is 320 g/mol. The number of aryl methyl sites for hydroxylation is 2. The number of sulfonamides is 1. The number of rotatable bonds is 5. The first-order valence-electron chi connectivity index (χ1n) is 6.55. The first-order valence-corrected chi connectivity index (χ1v) is 7.99. The van der Waals surface area contributed by atoms with E-state index in [0.29, 0.717) is 11.3 Å². The second-order valence-electron chi connectivity index (χ2n) is 4.87. The number of hydrogen-bond acceptors (Lipinski definition) is 4. The molecule has 0 aliphatic rings. The number of aliphatic carboxylic acids is 1. The van der Waals surface area contributed by atoms with Crippen LogP contribution in [0.2, 0.25) is 0 Å². The number of benzene rings is 1. The number of pyridine rings is 1. The third-order valence-electron chi connectivity index (χ3n) is 3.06. The lowest BCUT2D eigenvalue weighted by atomic mass is 10.2. The molecule has 0 bridgehead atoms. The first kappa shape index (κ1) is 16.0. The van der Waals surface area contributed by atoms with Gasteiger partial charge in [0.1, 0.15) is 6.54 Å². The fourth-order valence-electron chi connectivity index (χ4n) is 2.07. The van der Waals surface area contributed by atoms with E-state index in [1.807, 2.05) is 0 Å². The van der Waals surface area contributed by atoms with E-state index in [2.05, 4.69) is 4.98 Å². The highest BCUT2D eigenvalue weighted by Crippen LogP contribution is 2.24. The number of carboxylic acids is 1. The predicted octanol–water partition coefficient (Wildman–Crippen LogP) is 1.98. The molecule has 6 nitrogen and oxygen atoms in total. The smallest absolute Gasteiger partial charge is 0.324 e. The summed E-state index contributed by atoms with van der Waals surface area (Å²) in [5.41, 5.74) is 1.60. The Kier molecular flexibility index (Phi) is 4.46. The molecule has 0 amide bonds. The van der Waals surface area contributed by atoms with Crippen molar-refractivity contribution in [2.45, 2.75) is 18.9 Å². The second kappa shape index (κ2) is 6.15. The number of anilines is 1. The molecule has 1 aromatic heterocycles. The molecule has 1 N–H and O–H groups in total. The van der Waals surface area contributed by atoms with Gasteiger partial charge < -0.3 is 5.11 Å². The Hall–Kier alpha value is -2.41. The van der Waals surface area contributed by atoms with Crippen LogP contribution in [0.25, 0.3) is 0 Å². The maximum Gasteiger partial charge on any atom is 0.324 e. The third kappa shape index (κ3) is 3.25. The molecule has 0 aliphatic carbocycles. The molecule has 7 heteroatoms. The van der Waals surface area contributed by atoms with Gasteiger partial charge >= 0.3 is 5.97 Å². The first-order chi connectivity index (χ1) is 10.3. The number of aromatic nitrogens is 1. The minimum Gasteiger partial charge on any atom is -0.480 e. The van der Waals surface area contributed by atoms with Gasteiger partial charge in [-0.25, -0.2) is 4.98 Å². The summed E-state index contributed by atoms with van der Waals surface area (Å²) in [6, 6.07) is 9.92. The SMILES string of the molecule is Cc1cccc(N(CC(=O)O)S(=O)(=O)c2ncccc2C)c1. The zero-order valence-corrected chi connectivity index (χ0v) is 13.0. The number of nitrogens with zero attached hydrogens (tertiary/aromatic N) is 2. The van der Waals surface area contributed by atoms with Gasteiger partial charge in [0.15, 0.2) is 5.03 Å². The summed E-state index contributed by atoms with van der Waals surface area (Å²) in [6.45, 7) is 2.76. The lowest BCUT2D eigenvalue weighted by Crippen LogP contribution is -2.36. The van der Waals surface area contributed by atoms with E-state index in [-0.39, 0.29) is 5.03 Å². The molecule has 0 aliphatic heterocycles. The molecule has 0 fully saturated rings. The van der Waals surface area contributed by atoms with Gasteiger partial charge in [-0.3, -0.25) is 9.10 Å². The van der Waals surface area contributed by atoms with Crippen LogP contribution in [-0.4, -0.2) is 31.0 Å². The fourth-order valence-corrected chi connectivity index (χ4v) is 3.62. The molecule has 0 saturated carbocycles. The predicted molar refractivity (Wildman–Crippen MR) is 82.3 cm³/mol. The number of carbonyl (C=O) groups is 1. The Bertz CT molecular complexity index is 803. The van der Waals surface area contributed by atoms with Gasteiger partial charge in [0.2, 0.25) is 0 Å². The molecule has 0 spiro atoms. The van der Waals surface area contributed by atoms with E-state index in [4.69, 9.17) is 5.11 Å². The van der Waals surface area contributed by atoms with Gasteiger partial charge in [0.05, 0.1) is 5.69 Å². The Morgan fingerprint density at radius 3 is 2.55 bits per heavy atom. The van der Waals surface area contributed by atoms with Crippen molar-refractivity contribution in [3.8, 4) is 0 Å². The van der Waals surface area contributed by atoms with Crippen molar-refractivity contribution < 1.29 is 18.3 Å². The van der Waals surface area contributed by atoms with E-state index in [1.165, 1.54) is 6.20 Å². The summed E-state index contributed by atoms with van der Waals surface area (Å²) in [6.07, 6.45) is 1.37. The van der Waals surface area contributed by atoms with E-state index in [0.717, 1.165) is 9.87 Å². The van der Waals surface area contributed by atoms with Crippen LogP contribution in [0.1, 0.15) is 11.1 Å². The minimum atomic E-state index is -4.06. The Morgan fingerprint density at radius 2 is 1.95 bits per heavy atom. The molecule has 0 atom stereocenters. The van der Waals surface area contributed by atoms with Gasteiger partial charge in [0.25, 0.3) is 10.0 Å². The van der Waals surface area contributed by atoms with Gasteiger partial charge in [-0.05, 0) is 43.2 Å². The number of carboxylic acid groups (broad SMARTS) is 1. The summed E-state index contributed by atoms with van der Waals surface area (Å²) < 4.78 is 26.5. The van der Waals surface area contributed by atoms with Crippen LogP contribution >= 0.6 is 0 Å². The molecular weight excluding hydrogens is 304 g/mol. The molecule has 22 heavy (non-hydrogen) atoms. The lowest BCUT2D eigenvalue weighted by molar-refractivity contribution is -0.135. The Labute approximate surface area is 129 Å². The van der Waals surface area contributed by atoms with Crippen molar-refractivity contribution in [1.82, 2.24) is 4.98 Å². The van der Waals surface area contributed by atoms with Crippen molar-refractivity contribution >= 4 is 21.7 Å². The van der Waals surface area contributed by atoms with E-state index in [1.54, 1.807) is 50.2 Å². The zero-order valence-electron chi connectivity index (χ0n) is 12.2. The molecule has 1 heterocycles. The highest BCUT2D eigenvalue weighted by Gasteiger charge is 2.29. The molecule has 0 radical (unpaired) electrons. The van der Waals surface area contributed by atoms with Crippen LogP contribution in [-0.2, 0) is 14.8 Å². The van der Waals surface area contributed by atoms with Crippen LogP contribution < -0.4 is 4.31 Å². The van der Waals surface area contributed by atoms with Crippen molar-refractivity contribution in [3.63, 3.8) is 0 Å². The zero-order chi connectivity index (χ0) is 16.3. The molecule has 2 aromatic rings. The average Bonchev–Trinajstić information content (AvgIpc) is 2.44. The fraction of sp³-hybridized carbons (Fsp3) is 0.200. The van der Waals surface area contributed by atoms with Crippen molar-refractivity contribution in [1.29, 1.82) is 0 Å². The largest absolute Gasteiger partial charge is 0.480 e. The molecule has 0 saturated heterocycles. The van der Waals surface area contributed by atoms with Crippen LogP contribution in [0.4, 0.5) is 5.69 Å². The third-order valence-corrected chi connectivity index (χ3v) is 4.90. The van der Waals surface area contributed by atoms with E-state index < -0.39 is 22.5 Å². The van der Waals surface area contributed by atoms with Gasteiger partial charge in [-0.15, -0.1) is 0 Å². The van der Waals surface area contributed by atoms with E-state index >= 15 is 0 Å². The highest BCUT2D eigenvalue weighted by atomic mass is 32.2. The van der Waals surface area contributed by atoms with Crippen molar-refractivity contribution in [2.24, 2.45) is 0 Å². The standard InChI is InChI=1S/C15H16N2O4S/c1-11-5-3-7-13(9-11)17(10-14(18)19)22(20,21)15-12(2)6-4-8-16-15/h3-9H,10H2,1-2H3,(H,18,19). The molecule has 0 unspecified atom stereocenters. The van der Waals surface area contributed by atoms with Crippen LogP contribution in [0.3, 0.4) is 0 Å². The van der Waals surface area contributed by atoms with E-state index in [9.17, 15) is 13.2 Å². The minimum absolute atomic E-state index is 0.141. The van der Waals surface area contributed by atoms with Gasteiger partial charge in [-0.1, -0.05) is 18.2 Å². The van der Waals surface area contributed by atoms with Gasteiger partial charge in [0, 0.05) is 6.20 Å². The molecule has 2 rings (SSSR count). The summed E-state index contributed by atoms with van der Waals surface area (Å²) in [4.78, 5) is 15.0. The molecule has 116 valence electrons. The maximum atomic E-state index is 12.8. The maximum absolute atomic E-state index is 12.8. The lowest BCUT2D eigenvalue weighted by Gasteiger charge is -2.23. The summed E-state index contributed by atoms with van der Waals surface area (Å²) in [5.74, 6) is -1.24. The van der Waals surface area contributed by atoms with Crippen LogP contribution in [0, 0.1) is 13.8 Å². The van der Waals surface area contributed by atoms with Crippen molar-refractivity contribution in [3.05, 3.63) is 53.7 Å².